The standard InChI is InChI=1S/C28H30N4O3/c1-5-35-19-12-10-18(11-13-19)30-27(34)21-16-29-32-25(20-9-7-6-8-17(20)2)24-22(31-26(21)32)14-28(3,4)15-23(24)33/h6-13,16,25,31H,5,14-15H2,1-4H3,(H,30,34). The van der Waals surface area contributed by atoms with Gasteiger partial charge in [-0.1, -0.05) is 38.1 Å². The molecular weight excluding hydrogens is 440 g/mol. The number of carbonyl (C=O) groups excluding carboxylic acids is 2. The highest BCUT2D eigenvalue weighted by molar-refractivity contribution is 6.08. The number of ketones is 1. The number of Topliss-reactive ketones (excluding diaryl/α,β-unsaturated/α-hetero) is 1. The van der Waals surface area contributed by atoms with Gasteiger partial charge in [0.05, 0.1) is 12.8 Å². The van der Waals surface area contributed by atoms with Crippen LogP contribution in [0.1, 0.15) is 61.1 Å². The van der Waals surface area contributed by atoms with Gasteiger partial charge in [0.1, 0.15) is 23.2 Å². The highest BCUT2D eigenvalue weighted by atomic mass is 16.5. The first-order valence-corrected chi connectivity index (χ1v) is 12.0. The minimum absolute atomic E-state index is 0.124. The Morgan fingerprint density at radius 2 is 1.91 bits per heavy atom. The topological polar surface area (TPSA) is 85.2 Å². The molecule has 0 radical (unpaired) electrons. The fraction of sp³-hybridized carbons (Fsp3) is 0.321. The summed E-state index contributed by atoms with van der Waals surface area (Å²) >= 11 is 0. The van der Waals surface area contributed by atoms with E-state index >= 15 is 0 Å². The van der Waals surface area contributed by atoms with Gasteiger partial charge in [0.2, 0.25) is 0 Å². The number of hydrogen-bond donors (Lipinski definition) is 2. The summed E-state index contributed by atoms with van der Waals surface area (Å²) in [6.45, 7) is 8.75. The van der Waals surface area contributed by atoms with Crippen molar-refractivity contribution in [3.8, 4) is 5.75 Å². The summed E-state index contributed by atoms with van der Waals surface area (Å²) in [7, 11) is 0. The minimum atomic E-state index is -0.377. The number of amides is 1. The lowest BCUT2D eigenvalue weighted by Crippen LogP contribution is -2.37. The Kier molecular flexibility index (Phi) is 5.71. The molecule has 1 unspecified atom stereocenters. The van der Waals surface area contributed by atoms with Crippen LogP contribution in [-0.2, 0) is 4.79 Å². The predicted molar refractivity (Wildman–Crippen MR) is 136 cm³/mol. The van der Waals surface area contributed by atoms with E-state index in [0.29, 0.717) is 30.1 Å². The third-order valence-corrected chi connectivity index (χ3v) is 6.65. The molecule has 1 aliphatic heterocycles. The molecule has 180 valence electrons. The van der Waals surface area contributed by atoms with Gasteiger partial charge in [0, 0.05) is 23.4 Å². The lowest BCUT2D eigenvalue weighted by atomic mass is 9.72. The summed E-state index contributed by atoms with van der Waals surface area (Å²) < 4.78 is 7.27. The van der Waals surface area contributed by atoms with E-state index in [2.05, 4.69) is 29.6 Å². The molecule has 2 aromatic carbocycles. The van der Waals surface area contributed by atoms with Crippen molar-refractivity contribution in [2.24, 2.45) is 5.41 Å². The van der Waals surface area contributed by atoms with Gasteiger partial charge >= 0.3 is 0 Å². The maximum atomic E-state index is 13.4. The monoisotopic (exact) mass is 470 g/mol. The SMILES string of the molecule is CCOc1ccc(NC(=O)c2cnn3c2NC2=C(C(=O)CC(C)(C)C2)C3c2ccccc2C)cc1. The lowest BCUT2D eigenvalue weighted by molar-refractivity contribution is -0.118. The van der Waals surface area contributed by atoms with E-state index in [1.165, 1.54) is 0 Å². The zero-order valence-corrected chi connectivity index (χ0v) is 20.5. The molecule has 7 nitrogen and oxygen atoms in total. The molecule has 1 aromatic heterocycles. The Labute approximate surface area is 205 Å². The number of benzene rings is 2. The van der Waals surface area contributed by atoms with Crippen molar-refractivity contribution in [3.05, 3.63) is 82.7 Å². The predicted octanol–water partition coefficient (Wildman–Crippen LogP) is 5.50. The normalized spacial score (nSPS) is 18.4. The molecule has 0 spiro atoms. The molecular formula is C28H30N4O3. The maximum absolute atomic E-state index is 13.4. The van der Waals surface area contributed by atoms with E-state index in [-0.39, 0.29) is 23.1 Å². The number of carbonyl (C=O) groups is 2. The van der Waals surface area contributed by atoms with Crippen LogP contribution in [0.4, 0.5) is 11.5 Å². The third-order valence-electron chi connectivity index (χ3n) is 6.65. The van der Waals surface area contributed by atoms with Crippen LogP contribution in [0.25, 0.3) is 0 Å². The fourth-order valence-corrected chi connectivity index (χ4v) is 5.06. The number of aryl methyl sites for hydroxylation is 1. The molecule has 35 heavy (non-hydrogen) atoms. The van der Waals surface area contributed by atoms with Gasteiger partial charge in [-0.25, -0.2) is 4.68 Å². The molecule has 7 heteroatoms. The summed E-state index contributed by atoms with van der Waals surface area (Å²) in [6.07, 6.45) is 2.78. The Bertz CT molecular complexity index is 1330. The van der Waals surface area contributed by atoms with Gasteiger partial charge in [0.15, 0.2) is 5.78 Å². The van der Waals surface area contributed by atoms with Gasteiger partial charge in [-0.05, 0) is 61.1 Å². The Hall–Kier alpha value is -3.87. The average Bonchev–Trinajstić information content (AvgIpc) is 3.22. The van der Waals surface area contributed by atoms with E-state index in [4.69, 9.17) is 4.74 Å². The second kappa shape index (κ2) is 8.73. The third kappa shape index (κ3) is 4.22. The Morgan fingerprint density at radius 3 is 2.63 bits per heavy atom. The van der Waals surface area contributed by atoms with E-state index in [9.17, 15) is 9.59 Å². The largest absolute Gasteiger partial charge is 0.494 e. The van der Waals surface area contributed by atoms with Crippen molar-refractivity contribution in [1.82, 2.24) is 9.78 Å². The quantitative estimate of drug-likeness (QED) is 0.514. The maximum Gasteiger partial charge on any atom is 0.261 e. The number of ether oxygens (including phenoxy) is 1. The van der Waals surface area contributed by atoms with Gasteiger partial charge < -0.3 is 15.4 Å². The minimum Gasteiger partial charge on any atom is -0.494 e. The number of nitrogens with zero attached hydrogens (tertiary/aromatic N) is 2. The van der Waals surface area contributed by atoms with E-state index < -0.39 is 0 Å². The van der Waals surface area contributed by atoms with Crippen molar-refractivity contribution >= 4 is 23.2 Å². The number of aromatic nitrogens is 2. The van der Waals surface area contributed by atoms with Crippen LogP contribution >= 0.6 is 0 Å². The molecule has 2 heterocycles. The zero-order valence-electron chi connectivity index (χ0n) is 20.5. The average molecular weight is 471 g/mol. The summed E-state index contributed by atoms with van der Waals surface area (Å²) in [6, 6.07) is 14.9. The number of fused-ring (bicyclic) bond motifs is 1. The summed E-state index contributed by atoms with van der Waals surface area (Å²) in [5, 5.41) is 11.0. The highest BCUT2D eigenvalue weighted by Crippen LogP contribution is 2.46. The van der Waals surface area contributed by atoms with Gasteiger partial charge in [-0.2, -0.15) is 5.10 Å². The van der Waals surface area contributed by atoms with Gasteiger partial charge in [0.25, 0.3) is 5.91 Å². The molecule has 1 atom stereocenters. The first kappa shape index (κ1) is 22.9. The van der Waals surface area contributed by atoms with Crippen LogP contribution in [0.5, 0.6) is 5.75 Å². The van der Waals surface area contributed by atoms with Crippen molar-refractivity contribution in [3.63, 3.8) is 0 Å². The van der Waals surface area contributed by atoms with Crippen LogP contribution in [0.3, 0.4) is 0 Å². The second-order valence-corrected chi connectivity index (χ2v) is 9.98. The van der Waals surface area contributed by atoms with E-state index in [1.54, 1.807) is 10.9 Å². The summed E-state index contributed by atoms with van der Waals surface area (Å²) in [5.74, 6) is 1.21. The van der Waals surface area contributed by atoms with Crippen molar-refractivity contribution in [2.75, 3.05) is 17.2 Å². The number of hydrogen-bond acceptors (Lipinski definition) is 5. The molecule has 2 aliphatic rings. The first-order valence-electron chi connectivity index (χ1n) is 12.0. The Morgan fingerprint density at radius 1 is 1.17 bits per heavy atom. The van der Waals surface area contributed by atoms with Crippen molar-refractivity contribution < 1.29 is 14.3 Å². The molecule has 0 fully saturated rings. The number of nitrogens with one attached hydrogen (secondary N) is 2. The molecule has 2 N–H and O–H groups in total. The molecule has 1 aliphatic carbocycles. The van der Waals surface area contributed by atoms with Gasteiger partial charge in [-0.3, -0.25) is 9.59 Å². The molecule has 1 amide bonds. The van der Waals surface area contributed by atoms with Crippen LogP contribution < -0.4 is 15.4 Å². The fourth-order valence-electron chi connectivity index (χ4n) is 5.06. The highest BCUT2D eigenvalue weighted by Gasteiger charge is 2.42. The summed E-state index contributed by atoms with van der Waals surface area (Å²) in [4.78, 5) is 26.7. The molecule has 3 aromatic rings. The molecule has 5 rings (SSSR count). The smallest absolute Gasteiger partial charge is 0.261 e. The van der Waals surface area contributed by atoms with Crippen LogP contribution in [0.2, 0.25) is 0 Å². The number of rotatable bonds is 5. The van der Waals surface area contributed by atoms with Crippen LogP contribution in [0.15, 0.2) is 66.0 Å². The van der Waals surface area contributed by atoms with Crippen molar-refractivity contribution in [2.45, 2.75) is 46.6 Å². The van der Waals surface area contributed by atoms with Crippen LogP contribution in [-0.4, -0.2) is 28.1 Å². The first-order chi connectivity index (χ1) is 16.8. The zero-order chi connectivity index (χ0) is 24.7. The second-order valence-electron chi connectivity index (χ2n) is 9.98. The number of allylic oxidation sites excluding steroid dienone is 2. The van der Waals surface area contributed by atoms with Gasteiger partial charge in [-0.15, -0.1) is 0 Å². The molecule has 0 bridgehead atoms. The Balaban J connectivity index is 1.54. The van der Waals surface area contributed by atoms with Crippen molar-refractivity contribution in [1.29, 1.82) is 0 Å². The molecule has 0 saturated heterocycles. The molecule has 0 saturated carbocycles. The lowest BCUT2D eigenvalue weighted by Gasteiger charge is -2.39. The van der Waals surface area contributed by atoms with E-state index in [1.807, 2.05) is 62.4 Å². The summed E-state index contributed by atoms with van der Waals surface area (Å²) in [5.41, 5.74) is 4.64. The van der Waals surface area contributed by atoms with E-state index in [0.717, 1.165) is 34.6 Å². The number of anilines is 2. The van der Waals surface area contributed by atoms with Crippen LogP contribution in [0, 0.1) is 12.3 Å².